The van der Waals surface area contributed by atoms with E-state index in [0.717, 1.165) is 39.0 Å². The largest absolute Gasteiger partial charge is 0.472 e. The number of fused-ring (bicyclic) bond motifs is 1. The van der Waals surface area contributed by atoms with E-state index in [1.54, 1.807) is 13.0 Å². The maximum Gasteiger partial charge on any atom is 0.255 e. The molecule has 1 aromatic rings. The molecule has 1 aromatic heterocycles. The standard InChI is InChI=1S/C16H23N3O3.ClH/c1-11(18-15(20)14-4-7-22-10-14)16(21)19-5-2-12-8-17-9-13(12)3-6-19;/h4,7,10-13,17H,2-3,5-6,8-9H2,1H3,(H,18,20);1H/t11?,12-,13+;. The van der Waals surface area contributed by atoms with Gasteiger partial charge in [0.15, 0.2) is 0 Å². The monoisotopic (exact) mass is 341 g/mol. The van der Waals surface area contributed by atoms with Crippen molar-refractivity contribution < 1.29 is 14.0 Å². The Morgan fingerprint density at radius 1 is 1.30 bits per heavy atom. The molecule has 3 heterocycles. The van der Waals surface area contributed by atoms with Gasteiger partial charge in [0.2, 0.25) is 5.91 Å². The van der Waals surface area contributed by atoms with Gasteiger partial charge in [0.25, 0.3) is 5.91 Å². The molecule has 0 bridgehead atoms. The van der Waals surface area contributed by atoms with Crippen LogP contribution in [0.4, 0.5) is 0 Å². The number of likely N-dealkylation sites (tertiary alicyclic amines) is 1. The summed E-state index contributed by atoms with van der Waals surface area (Å²) in [6, 6.07) is 1.07. The zero-order valence-corrected chi connectivity index (χ0v) is 14.1. The van der Waals surface area contributed by atoms with Gasteiger partial charge in [-0.3, -0.25) is 9.59 Å². The fourth-order valence-corrected chi connectivity index (χ4v) is 3.45. The van der Waals surface area contributed by atoms with Gasteiger partial charge >= 0.3 is 0 Å². The van der Waals surface area contributed by atoms with Crippen LogP contribution >= 0.6 is 12.4 Å². The van der Waals surface area contributed by atoms with E-state index in [9.17, 15) is 9.59 Å². The van der Waals surface area contributed by atoms with Gasteiger partial charge in [-0.25, -0.2) is 0 Å². The highest BCUT2D eigenvalue weighted by molar-refractivity contribution is 5.97. The van der Waals surface area contributed by atoms with Crippen molar-refractivity contribution in [2.75, 3.05) is 26.2 Å². The third-order valence-electron chi connectivity index (χ3n) is 4.83. The van der Waals surface area contributed by atoms with Crippen LogP contribution in [0.5, 0.6) is 0 Å². The molecular formula is C16H24ClN3O3. The summed E-state index contributed by atoms with van der Waals surface area (Å²) in [5.74, 6) is 1.11. The lowest BCUT2D eigenvalue weighted by Crippen LogP contribution is -2.47. The number of hydrogen-bond donors (Lipinski definition) is 2. The minimum Gasteiger partial charge on any atom is -0.472 e. The lowest BCUT2D eigenvalue weighted by Gasteiger charge is -2.25. The molecule has 2 fully saturated rings. The van der Waals surface area contributed by atoms with Crippen molar-refractivity contribution in [1.29, 1.82) is 0 Å². The molecule has 2 aliphatic heterocycles. The van der Waals surface area contributed by atoms with Gasteiger partial charge in [-0.05, 0) is 50.8 Å². The maximum absolute atomic E-state index is 12.5. The van der Waals surface area contributed by atoms with Crippen molar-refractivity contribution in [3.05, 3.63) is 24.2 Å². The minimum absolute atomic E-state index is 0. The van der Waals surface area contributed by atoms with E-state index in [1.807, 2.05) is 4.90 Å². The number of carbonyl (C=O) groups is 2. The Balaban J connectivity index is 0.00000192. The predicted octanol–water partition coefficient (Wildman–Crippen LogP) is 1.28. The second-order valence-corrected chi connectivity index (χ2v) is 6.29. The molecule has 0 spiro atoms. The first kappa shape index (κ1) is 17.8. The number of carbonyl (C=O) groups excluding carboxylic acids is 2. The van der Waals surface area contributed by atoms with Gasteiger partial charge < -0.3 is 20.0 Å². The van der Waals surface area contributed by atoms with Crippen molar-refractivity contribution in [3.63, 3.8) is 0 Å². The molecule has 128 valence electrons. The van der Waals surface area contributed by atoms with Crippen LogP contribution < -0.4 is 10.6 Å². The summed E-state index contributed by atoms with van der Waals surface area (Å²) in [5, 5.41) is 6.18. The Morgan fingerprint density at radius 2 is 1.96 bits per heavy atom. The molecule has 2 aliphatic rings. The van der Waals surface area contributed by atoms with E-state index < -0.39 is 6.04 Å². The number of rotatable bonds is 3. The maximum atomic E-state index is 12.5. The van der Waals surface area contributed by atoms with Crippen molar-refractivity contribution in [1.82, 2.24) is 15.5 Å². The number of nitrogens with one attached hydrogen (secondary N) is 2. The Morgan fingerprint density at radius 3 is 2.52 bits per heavy atom. The van der Waals surface area contributed by atoms with E-state index >= 15 is 0 Å². The molecular weight excluding hydrogens is 318 g/mol. The zero-order valence-electron chi connectivity index (χ0n) is 13.3. The second kappa shape index (κ2) is 7.84. The molecule has 7 heteroatoms. The first-order valence-electron chi connectivity index (χ1n) is 7.97. The molecule has 2 amide bonds. The molecule has 0 saturated carbocycles. The molecule has 23 heavy (non-hydrogen) atoms. The van der Waals surface area contributed by atoms with Crippen LogP contribution in [0.1, 0.15) is 30.1 Å². The molecule has 2 saturated heterocycles. The number of hydrogen-bond acceptors (Lipinski definition) is 4. The number of nitrogens with zero attached hydrogens (tertiary/aromatic N) is 1. The van der Waals surface area contributed by atoms with Crippen molar-refractivity contribution in [3.8, 4) is 0 Å². The number of furan rings is 1. The van der Waals surface area contributed by atoms with Crippen LogP contribution in [0.2, 0.25) is 0 Å². The van der Waals surface area contributed by atoms with E-state index in [0.29, 0.717) is 17.4 Å². The molecule has 6 nitrogen and oxygen atoms in total. The summed E-state index contributed by atoms with van der Waals surface area (Å²) >= 11 is 0. The average molecular weight is 342 g/mol. The van der Waals surface area contributed by atoms with Crippen LogP contribution in [0.15, 0.2) is 23.0 Å². The molecule has 3 rings (SSSR count). The van der Waals surface area contributed by atoms with Gasteiger partial charge in [-0.1, -0.05) is 0 Å². The van der Waals surface area contributed by atoms with Gasteiger partial charge in [-0.2, -0.15) is 0 Å². The first-order valence-corrected chi connectivity index (χ1v) is 7.97. The Labute approximate surface area is 142 Å². The van der Waals surface area contributed by atoms with E-state index in [4.69, 9.17) is 4.42 Å². The zero-order chi connectivity index (χ0) is 15.5. The van der Waals surface area contributed by atoms with Crippen LogP contribution in [0.25, 0.3) is 0 Å². The fraction of sp³-hybridized carbons (Fsp3) is 0.625. The second-order valence-electron chi connectivity index (χ2n) is 6.29. The van der Waals surface area contributed by atoms with Crippen LogP contribution in [-0.2, 0) is 4.79 Å². The predicted molar refractivity (Wildman–Crippen MR) is 88.5 cm³/mol. The minimum atomic E-state index is -0.515. The Bertz CT molecular complexity index is 521. The molecule has 2 N–H and O–H groups in total. The molecule has 3 atom stereocenters. The first-order chi connectivity index (χ1) is 10.6. The topological polar surface area (TPSA) is 74.6 Å². The van der Waals surface area contributed by atoms with Crippen LogP contribution in [-0.4, -0.2) is 48.9 Å². The summed E-state index contributed by atoms with van der Waals surface area (Å²) in [6.45, 7) is 5.45. The third kappa shape index (κ3) is 4.06. The number of amides is 2. The summed E-state index contributed by atoms with van der Waals surface area (Å²) in [5.41, 5.74) is 0.441. The van der Waals surface area contributed by atoms with E-state index in [1.165, 1.54) is 12.5 Å². The average Bonchev–Trinajstić information content (AvgIpc) is 3.15. The van der Waals surface area contributed by atoms with Gasteiger partial charge in [-0.15, -0.1) is 12.4 Å². The van der Waals surface area contributed by atoms with Gasteiger partial charge in [0.05, 0.1) is 11.8 Å². The van der Waals surface area contributed by atoms with E-state index in [-0.39, 0.29) is 24.2 Å². The summed E-state index contributed by atoms with van der Waals surface area (Å²) in [7, 11) is 0. The highest BCUT2D eigenvalue weighted by Gasteiger charge is 2.32. The molecule has 0 aromatic carbocycles. The highest BCUT2D eigenvalue weighted by atomic mass is 35.5. The molecule has 0 aliphatic carbocycles. The third-order valence-corrected chi connectivity index (χ3v) is 4.83. The highest BCUT2D eigenvalue weighted by Crippen LogP contribution is 2.27. The smallest absolute Gasteiger partial charge is 0.255 e. The van der Waals surface area contributed by atoms with Gasteiger partial charge in [0, 0.05) is 13.1 Å². The number of halogens is 1. The van der Waals surface area contributed by atoms with Crippen LogP contribution in [0, 0.1) is 11.8 Å². The Hall–Kier alpha value is -1.53. The molecule has 0 radical (unpaired) electrons. The fourth-order valence-electron chi connectivity index (χ4n) is 3.45. The normalized spacial score (nSPS) is 25.0. The van der Waals surface area contributed by atoms with Crippen LogP contribution in [0.3, 0.4) is 0 Å². The Kier molecular flexibility index (Phi) is 6.07. The van der Waals surface area contributed by atoms with Gasteiger partial charge in [0.1, 0.15) is 12.3 Å². The summed E-state index contributed by atoms with van der Waals surface area (Å²) in [6.07, 6.45) is 4.92. The lowest BCUT2D eigenvalue weighted by atomic mass is 9.92. The lowest BCUT2D eigenvalue weighted by molar-refractivity contribution is -0.132. The van der Waals surface area contributed by atoms with Crippen molar-refractivity contribution in [2.45, 2.75) is 25.8 Å². The van der Waals surface area contributed by atoms with Crippen molar-refractivity contribution in [2.24, 2.45) is 11.8 Å². The van der Waals surface area contributed by atoms with Crippen molar-refractivity contribution >= 4 is 24.2 Å². The summed E-state index contributed by atoms with van der Waals surface area (Å²) < 4.78 is 4.89. The summed E-state index contributed by atoms with van der Waals surface area (Å²) in [4.78, 5) is 26.4. The van der Waals surface area contributed by atoms with E-state index in [2.05, 4.69) is 10.6 Å². The molecule has 1 unspecified atom stereocenters. The SMILES string of the molecule is CC(NC(=O)c1ccoc1)C(=O)N1CC[C@@H]2CNC[C@@H]2CC1.Cl. The quantitative estimate of drug-likeness (QED) is 0.868.